The lowest BCUT2D eigenvalue weighted by Gasteiger charge is -2.40. The number of carboxylic acids is 1. The van der Waals surface area contributed by atoms with Crippen molar-refractivity contribution in [3.05, 3.63) is 47.4 Å². The Morgan fingerprint density at radius 2 is 1.94 bits per heavy atom. The molecule has 0 unspecified atom stereocenters. The van der Waals surface area contributed by atoms with E-state index in [0.717, 1.165) is 0 Å². The van der Waals surface area contributed by atoms with Gasteiger partial charge in [-0.2, -0.15) is 0 Å². The molecular weight excluding hydrogens is 427 g/mol. The van der Waals surface area contributed by atoms with Crippen molar-refractivity contribution in [1.82, 2.24) is 15.6 Å². The van der Waals surface area contributed by atoms with Crippen molar-refractivity contribution in [2.75, 3.05) is 29.9 Å². The van der Waals surface area contributed by atoms with E-state index in [9.17, 15) is 19.1 Å². The molecule has 0 atom stereocenters. The molecule has 2 aliphatic heterocycles. The summed E-state index contributed by atoms with van der Waals surface area (Å²) in [5.41, 5.74) is 1.52. The first-order valence-electron chi connectivity index (χ1n) is 10.9. The van der Waals surface area contributed by atoms with Crippen molar-refractivity contribution in [3.8, 4) is 0 Å². The van der Waals surface area contributed by atoms with Gasteiger partial charge in [-0.25, -0.2) is 19.0 Å². The third kappa shape index (κ3) is 4.59. The minimum atomic E-state index is -1.18. The van der Waals surface area contributed by atoms with Gasteiger partial charge < -0.3 is 31.4 Å². The number of rotatable bonds is 6. The molecule has 2 saturated heterocycles. The molecule has 1 spiro atoms. The van der Waals surface area contributed by atoms with Crippen LogP contribution in [0, 0.1) is 17.1 Å². The zero-order valence-electron chi connectivity index (χ0n) is 18.5. The maximum Gasteiger partial charge on any atom is 0.354 e. The average molecular weight is 455 g/mol. The third-order valence-electron chi connectivity index (χ3n) is 6.20. The Balaban J connectivity index is 1.75. The predicted octanol–water partition coefficient (Wildman–Crippen LogP) is 3.34. The van der Waals surface area contributed by atoms with Crippen LogP contribution in [-0.4, -0.2) is 53.0 Å². The molecule has 1 aromatic carbocycles. The standard InChI is InChI=1S/C23H27FN6O3/c1-13(2)19(25)18-17(30-9-7-23(8-10-30)12-26-22(33)29-23)11-16(21(31)32)28-20(18)27-15-5-3-14(24)4-6-15/h3-6,11,13,25H,7-10,12H2,1-2H3,(H,27,28)(H,31,32)(H2,26,29,33). The van der Waals surface area contributed by atoms with Crippen LogP contribution in [0.4, 0.5) is 26.4 Å². The zero-order chi connectivity index (χ0) is 23.8. The van der Waals surface area contributed by atoms with Crippen LogP contribution in [0.15, 0.2) is 30.3 Å². The molecule has 2 aliphatic rings. The summed E-state index contributed by atoms with van der Waals surface area (Å²) in [6.07, 6.45) is 1.37. The van der Waals surface area contributed by atoms with Crippen molar-refractivity contribution >= 4 is 34.9 Å². The van der Waals surface area contributed by atoms with Crippen LogP contribution in [0.1, 0.15) is 42.7 Å². The van der Waals surface area contributed by atoms with Crippen molar-refractivity contribution in [3.63, 3.8) is 0 Å². The Morgan fingerprint density at radius 1 is 1.27 bits per heavy atom. The smallest absolute Gasteiger partial charge is 0.354 e. The number of benzene rings is 1. The van der Waals surface area contributed by atoms with Crippen LogP contribution >= 0.6 is 0 Å². The summed E-state index contributed by atoms with van der Waals surface area (Å²) in [5.74, 6) is -1.46. The number of hydrogen-bond acceptors (Lipinski definition) is 6. The van der Waals surface area contributed by atoms with E-state index in [2.05, 4.69) is 20.9 Å². The second-order valence-corrected chi connectivity index (χ2v) is 8.83. The van der Waals surface area contributed by atoms with E-state index >= 15 is 0 Å². The Kier molecular flexibility index (Phi) is 5.92. The summed E-state index contributed by atoms with van der Waals surface area (Å²) in [5, 5.41) is 27.4. The van der Waals surface area contributed by atoms with Crippen LogP contribution in [0.25, 0.3) is 0 Å². The van der Waals surface area contributed by atoms with Crippen molar-refractivity contribution in [1.29, 1.82) is 5.41 Å². The highest BCUT2D eigenvalue weighted by Gasteiger charge is 2.41. The maximum absolute atomic E-state index is 13.4. The van der Waals surface area contributed by atoms with Gasteiger partial charge in [-0.05, 0) is 49.1 Å². The van der Waals surface area contributed by atoms with Gasteiger partial charge in [0.2, 0.25) is 0 Å². The number of piperidine rings is 1. The number of pyridine rings is 1. The van der Waals surface area contributed by atoms with E-state index in [1.807, 2.05) is 18.7 Å². The predicted molar refractivity (Wildman–Crippen MR) is 123 cm³/mol. The number of aromatic nitrogens is 1. The topological polar surface area (TPSA) is 130 Å². The quantitative estimate of drug-likeness (QED) is 0.426. The van der Waals surface area contributed by atoms with E-state index < -0.39 is 5.97 Å². The highest BCUT2D eigenvalue weighted by molar-refractivity contribution is 6.09. The highest BCUT2D eigenvalue weighted by atomic mass is 19.1. The molecule has 0 radical (unpaired) electrons. The molecule has 5 N–H and O–H groups in total. The Labute approximate surface area is 190 Å². The van der Waals surface area contributed by atoms with Crippen molar-refractivity contribution < 1.29 is 19.1 Å². The van der Waals surface area contributed by atoms with Gasteiger partial charge in [0.1, 0.15) is 11.6 Å². The normalized spacial score (nSPS) is 17.1. The first-order valence-corrected chi connectivity index (χ1v) is 10.9. The Bertz CT molecular complexity index is 1090. The largest absolute Gasteiger partial charge is 0.477 e. The van der Waals surface area contributed by atoms with E-state index in [4.69, 9.17) is 5.41 Å². The number of carbonyl (C=O) groups excluding carboxylic acids is 1. The van der Waals surface area contributed by atoms with Crippen LogP contribution in [-0.2, 0) is 0 Å². The molecule has 1 aromatic heterocycles. The average Bonchev–Trinajstić information content (AvgIpc) is 3.14. The van der Waals surface area contributed by atoms with Crippen LogP contribution in [0.5, 0.6) is 0 Å². The summed E-state index contributed by atoms with van der Waals surface area (Å²) < 4.78 is 13.4. The number of halogens is 1. The Hall–Kier alpha value is -3.69. The maximum atomic E-state index is 13.4. The van der Waals surface area contributed by atoms with E-state index in [1.54, 1.807) is 0 Å². The minimum Gasteiger partial charge on any atom is -0.477 e. The van der Waals surface area contributed by atoms with Gasteiger partial charge in [0.05, 0.1) is 16.8 Å². The van der Waals surface area contributed by atoms with Gasteiger partial charge in [0.25, 0.3) is 0 Å². The summed E-state index contributed by atoms with van der Waals surface area (Å²) in [4.78, 5) is 29.9. The number of carbonyl (C=O) groups is 2. The number of nitrogens with one attached hydrogen (secondary N) is 4. The minimum absolute atomic E-state index is 0.135. The van der Waals surface area contributed by atoms with Crippen molar-refractivity contribution in [2.45, 2.75) is 32.2 Å². The second kappa shape index (κ2) is 8.68. The van der Waals surface area contributed by atoms with Crippen molar-refractivity contribution in [2.24, 2.45) is 5.92 Å². The number of nitrogens with zero attached hydrogens (tertiary/aromatic N) is 2. The lowest BCUT2D eigenvalue weighted by Crippen LogP contribution is -2.52. The number of urea groups is 1. The lowest BCUT2D eigenvalue weighted by atomic mass is 9.87. The Morgan fingerprint density at radius 3 is 2.48 bits per heavy atom. The molecule has 0 saturated carbocycles. The number of anilines is 3. The number of carboxylic acid groups (broad SMARTS) is 1. The lowest BCUT2D eigenvalue weighted by molar-refractivity contribution is 0.0690. The van der Waals surface area contributed by atoms with Gasteiger partial charge in [0, 0.05) is 31.0 Å². The first kappa shape index (κ1) is 22.5. The fraction of sp³-hybridized carbons (Fsp3) is 0.391. The fourth-order valence-corrected chi connectivity index (χ4v) is 4.26. The van der Waals surface area contributed by atoms with Gasteiger partial charge in [0.15, 0.2) is 5.69 Å². The first-order chi connectivity index (χ1) is 15.7. The monoisotopic (exact) mass is 454 g/mol. The fourth-order valence-electron chi connectivity index (χ4n) is 4.26. The van der Waals surface area contributed by atoms with E-state index in [1.165, 1.54) is 30.3 Å². The molecule has 3 heterocycles. The molecule has 4 rings (SSSR count). The number of amides is 2. The van der Waals surface area contributed by atoms with Gasteiger partial charge in [-0.1, -0.05) is 13.8 Å². The molecule has 0 bridgehead atoms. The molecule has 0 aliphatic carbocycles. The van der Waals surface area contributed by atoms with Crippen LogP contribution in [0.2, 0.25) is 0 Å². The van der Waals surface area contributed by atoms with E-state index in [-0.39, 0.29) is 34.8 Å². The van der Waals surface area contributed by atoms with Gasteiger partial charge in [-0.3, -0.25) is 0 Å². The second-order valence-electron chi connectivity index (χ2n) is 8.83. The SMILES string of the molecule is CC(C)C(=N)c1c(N2CCC3(CC2)CNC(=O)N3)cc(C(=O)O)nc1Nc1ccc(F)cc1. The molecular formula is C23H27FN6O3. The molecule has 10 heteroatoms. The molecule has 2 aromatic rings. The number of aromatic carboxylic acids is 1. The molecule has 2 amide bonds. The highest BCUT2D eigenvalue weighted by Crippen LogP contribution is 2.35. The molecule has 174 valence electrons. The van der Waals surface area contributed by atoms with Crippen LogP contribution in [0.3, 0.4) is 0 Å². The zero-order valence-corrected chi connectivity index (χ0v) is 18.5. The summed E-state index contributed by atoms with van der Waals surface area (Å²) in [7, 11) is 0. The summed E-state index contributed by atoms with van der Waals surface area (Å²) in [6, 6.07) is 7.00. The van der Waals surface area contributed by atoms with Gasteiger partial charge >= 0.3 is 12.0 Å². The molecule has 9 nitrogen and oxygen atoms in total. The van der Waals surface area contributed by atoms with E-state index in [0.29, 0.717) is 55.1 Å². The summed E-state index contributed by atoms with van der Waals surface area (Å²) >= 11 is 0. The summed E-state index contributed by atoms with van der Waals surface area (Å²) in [6.45, 7) is 5.51. The number of hydrogen-bond donors (Lipinski definition) is 5. The molecule has 33 heavy (non-hydrogen) atoms. The van der Waals surface area contributed by atoms with Gasteiger partial charge in [-0.15, -0.1) is 0 Å². The van der Waals surface area contributed by atoms with Crippen LogP contribution < -0.4 is 20.9 Å². The third-order valence-corrected chi connectivity index (χ3v) is 6.20. The molecule has 2 fully saturated rings.